The summed E-state index contributed by atoms with van der Waals surface area (Å²) in [6, 6.07) is 6.50. The van der Waals surface area contributed by atoms with Crippen molar-refractivity contribution in [2.45, 2.75) is 19.6 Å². The minimum absolute atomic E-state index is 0.00338. The summed E-state index contributed by atoms with van der Waals surface area (Å²) in [7, 11) is -1.56. The van der Waals surface area contributed by atoms with Crippen molar-refractivity contribution in [3.05, 3.63) is 46.0 Å². The van der Waals surface area contributed by atoms with Crippen molar-refractivity contribution in [2.24, 2.45) is 0 Å². The fraction of sp³-hybridized carbons (Fsp3) is 0.333. The third-order valence-electron chi connectivity index (χ3n) is 2.49. The van der Waals surface area contributed by atoms with Crippen molar-refractivity contribution in [1.82, 2.24) is 0 Å². The van der Waals surface area contributed by atoms with Crippen LogP contribution in [0.3, 0.4) is 0 Å². The lowest BCUT2D eigenvalue weighted by atomic mass is 10.2. The fourth-order valence-electron chi connectivity index (χ4n) is 1.71. The zero-order valence-electron chi connectivity index (χ0n) is 10.3. The van der Waals surface area contributed by atoms with Crippen LogP contribution in [0.2, 0.25) is 19.6 Å². The summed E-state index contributed by atoms with van der Waals surface area (Å²) in [6.07, 6.45) is 1.80. The van der Waals surface area contributed by atoms with Crippen LogP contribution in [0.15, 0.2) is 30.3 Å². The maximum absolute atomic E-state index is 10.6. The van der Waals surface area contributed by atoms with Crippen LogP contribution in [0, 0.1) is 10.1 Å². The number of aliphatic hydroxyl groups is 1. The summed E-state index contributed by atoms with van der Waals surface area (Å²) >= 11 is 0. The lowest BCUT2D eigenvalue weighted by molar-refractivity contribution is -0.384. The topological polar surface area (TPSA) is 63.4 Å². The second kappa shape index (κ2) is 5.24. The second-order valence-corrected chi connectivity index (χ2v) is 9.89. The number of non-ortho nitro benzene ring substituents is 1. The molecule has 92 valence electrons. The van der Waals surface area contributed by atoms with Gasteiger partial charge in [-0.05, 0) is 17.7 Å². The van der Waals surface area contributed by atoms with Crippen LogP contribution >= 0.6 is 0 Å². The first-order chi connectivity index (χ1) is 7.86. The fourth-order valence-corrected chi connectivity index (χ4v) is 3.45. The highest BCUT2D eigenvalue weighted by atomic mass is 28.3. The number of nitro groups is 1. The van der Waals surface area contributed by atoms with Gasteiger partial charge in [-0.15, -0.1) is 0 Å². The smallest absolute Gasteiger partial charge is 0.269 e. The van der Waals surface area contributed by atoms with Crippen molar-refractivity contribution >= 4 is 19.0 Å². The average molecular weight is 251 g/mol. The van der Waals surface area contributed by atoms with E-state index >= 15 is 0 Å². The molecule has 1 aromatic carbocycles. The standard InChI is InChI=1S/C12H17NO3Si/c1-17(2,3)12(8-9-14)10-4-6-11(7-5-10)13(15)16/h4-8,14H,9H2,1-3H3/b12-8+. The van der Waals surface area contributed by atoms with Gasteiger partial charge in [0.05, 0.1) is 19.6 Å². The molecule has 0 atom stereocenters. The van der Waals surface area contributed by atoms with Crippen LogP contribution in [-0.2, 0) is 0 Å². The van der Waals surface area contributed by atoms with Crippen LogP contribution in [0.25, 0.3) is 5.20 Å². The van der Waals surface area contributed by atoms with Crippen LogP contribution < -0.4 is 0 Å². The van der Waals surface area contributed by atoms with E-state index in [0.717, 1.165) is 10.8 Å². The van der Waals surface area contributed by atoms with Gasteiger partial charge in [-0.2, -0.15) is 0 Å². The van der Waals surface area contributed by atoms with Gasteiger partial charge >= 0.3 is 0 Å². The van der Waals surface area contributed by atoms with Gasteiger partial charge in [0, 0.05) is 12.1 Å². The summed E-state index contributed by atoms with van der Waals surface area (Å²) in [5.74, 6) is 0. The molecule has 0 saturated heterocycles. The number of nitrogens with zero attached hydrogens (tertiary/aromatic N) is 1. The van der Waals surface area contributed by atoms with Gasteiger partial charge in [-0.1, -0.05) is 30.9 Å². The number of hydrogen-bond acceptors (Lipinski definition) is 3. The van der Waals surface area contributed by atoms with Crippen LogP contribution in [-0.4, -0.2) is 24.7 Å². The summed E-state index contributed by atoms with van der Waals surface area (Å²) in [5, 5.41) is 20.7. The van der Waals surface area contributed by atoms with Crippen molar-refractivity contribution in [3.63, 3.8) is 0 Å². The quantitative estimate of drug-likeness (QED) is 0.508. The summed E-state index contributed by atoms with van der Waals surface area (Å²) in [4.78, 5) is 10.2. The SMILES string of the molecule is C[Si](C)(C)/C(=C/CO)c1ccc([N+](=O)[O-])cc1. The van der Waals surface area contributed by atoms with Gasteiger partial charge in [0.15, 0.2) is 0 Å². The second-order valence-electron chi connectivity index (χ2n) is 4.85. The predicted molar refractivity (Wildman–Crippen MR) is 71.5 cm³/mol. The lowest BCUT2D eigenvalue weighted by Crippen LogP contribution is -2.23. The maximum Gasteiger partial charge on any atom is 0.269 e. The Hall–Kier alpha value is -1.46. The number of benzene rings is 1. The number of aliphatic hydroxyl groups excluding tert-OH is 1. The third kappa shape index (κ3) is 3.50. The predicted octanol–water partition coefficient (Wildman–Crippen LogP) is 2.85. The van der Waals surface area contributed by atoms with Crippen molar-refractivity contribution in [1.29, 1.82) is 0 Å². The van der Waals surface area contributed by atoms with Crippen LogP contribution in [0.4, 0.5) is 5.69 Å². The first kappa shape index (κ1) is 13.6. The Morgan fingerprint density at radius 2 is 1.88 bits per heavy atom. The molecular formula is C12H17NO3Si. The first-order valence-electron chi connectivity index (χ1n) is 5.42. The molecule has 0 aliphatic carbocycles. The highest BCUT2D eigenvalue weighted by Crippen LogP contribution is 2.27. The molecule has 0 bridgehead atoms. The first-order valence-corrected chi connectivity index (χ1v) is 8.92. The number of rotatable bonds is 4. The highest BCUT2D eigenvalue weighted by molar-refractivity contribution is 6.93. The molecule has 0 aliphatic heterocycles. The van der Waals surface area contributed by atoms with E-state index in [4.69, 9.17) is 5.11 Å². The summed E-state index contributed by atoms with van der Waals surface area (Å²) < 4.78 is 0. The minimum atomic E-state index is -1.56. The molecule has 1 N–H and O–H groups in total. The molecule has 1 aromatic rings. The Kier molecular flexibility index (Phi) is 4.20. The van der Waals surface area contributed by atoms with Gasteiger partial charge in [-0.3, -0.25) is 10.1 Å². The molecule has 1 rings (SSSR count). The van der Waals surface area contributed by atoms with E-state index in [-0.39, 0.29) is 12.3 Å². The monoisotopic (exact) mass is 251 g/mol. The number of hydrogen-bond donors (Lipinski definition) is 1. The lowest BCUT2D eigenvalue weighted by Gasteiger charge is -2.21. The molecule has 0 unspecified atom stereocenters. The average Bonchev–Trinajstić information content (AvgIpc) is 2.24. The van der Waals surface area contributed by atoms with E-state index < -0.39 is 13.0 Å². The van der Waals surface area contributed by atoms with Gasteiger partial charge in [0.25, 0.3) is 5.69 Å². The number of nitro benzene ring substituents is 1. The Balaban J connectivity index is 3.13. The Labute approximate surface area is 102 Å². The van der Waals surface area contributed by atoms with Gasteiger partial charge in [-0.25, -0.2) is 0 Å². The van der Waals surface area contributed by atoms with Crippen molar-refractivity contribution in [3.8, 4) is 0 Å². The molecule has 0 spiro atoms. The molecule has 0 aromatic heterocycles. The van der Waals surface area contributed by atoms with E-state index in [9.17, 15) is 10.1 Å². The van der Waals surface area contributed by atoms with E-state index in [1.807, 2.05) is 0 Å². The highest BCUT2D eigenvalue weighted by Gasteiger charge is 2.21. The summed E-state index contributed by atoms with van der Waals surface area (Å²) in [6.45, 7) is 6.53. The normalized spacial score (nSPS) is 12.6. The largest absolute Gasteiger partial charge is 0.392 e. The minimum Gasteiger partial charge on any atom is -0.392 e. The molecule has 0 radical (unpaired) electrons. The zero-order chi connectivity index (χ0) is 13.1. The molecule has 0 amide bonds. The molecule has 17 heavy (non-hydrogen) atoms. The molecular weight excluding hydrogens is 234 g/mol. The third-order valence-corrected chi connectivity index (χ3v) is 4.60. The van der Waals surface area contributed by atoms with Gasteiger partial charge in [0.1, 0.15) is 0 Å². The Morgan fingerprint density at radius 1 is 1.35 bits per heavy atom. The van der Waals surface area contributed by atoms with E-state index in [2.05, 4.69) is 19.6 Å². The zero-order valence-corrected chi connectivity index (χ0v) is 11.3. The van der Waals surface area contributed by atoms with E-state index in [1.54, 1.807) is 18.2 Å². The van der Waals surface area contributed by atoms with Gasteiger partial charge in [0.2, 0.25) is 0 Å². The molecule has 5 heteroatoms. The Morgan fingerprint density at radius 3 is 2.24 bits per heavy atom. The summed E-state index contributed by atoms with van der Waals surface area (Å²) in [5.41, 5.74) is 1.05. The van der Waals surface area contributed by atoms with E-state index in [0.29, 0.717) is 0 Å². The Bertz CT molecular complexity index is 432. The van der Waals surface area contributed by atoms with E-state index in [1.165, 1.54) is 12.1 Å². The van der Waals surface area contributed by atoms with Crippen molar-refractivity contribution < 1.29 is 10.0 Å². The molecule has 4 nitrogen and oxygen atoms in total. The molecule has 0 saturated carbocycles. The molecule has 0 heterocycles. The van der Waals surface area contributed by atoms with Crippen molar-refractivity contribution in [2.75, 3.05) is 6.61 Å². The van der Waals surface area contributed by atoms with Crippen LogP contribution in [0.5, 0.6) is 0 Å². The van der Waals surface area contributed by atoms with Crippen LogP contribution in [0.1, 0.15) is 5.56 Å². The maximum atomic E-state index is 10.6. The van der Waals surface area contributed by atoms with Gasteiger partial charge < -0.3 is 5.11 Å². The molecule has 0 aliphatic rings. The molecule has 0 fully saturated rings.